The Morgan fingerprint density at radius 1 is 1.31 bits per heavy atom. The molecule has 6 heteroatoms. The Morgan fingerprint density at radius 2 is 1.81 bits per heavy atom. The van der Waals surface area contributed by atoms with Crippen molar-refractivity contribution in [1.29, 1.82) is 0 Å². The Balaban J connectivity index is 0.00000225. The van der Waals surface area contributed by atoms with E-state index >= 15 is 0 Å². The van der Waals surface area contributed by atoms with Crippen LogP contribution in [0.2, 0.25) is 0 Å². The molecule has 0 saturated carbocycles. The molecule has 1 rings (SSSR count). The zero-order chi connectivity index (χ0) is 11.5. The van der Waals surface area contributed by atoms with Crippen molar-refractivity contribution in [1.82, 2.24) is 0 Å². The van der Waals surface area contributed by atoms with Crippen LogP contribution in [0.3, 0.4) is 0 Å². The summed E-state index contributed by atoms with van der Waals surface area (Å²) in [6.07, 6.45) is 6.26. The van der Waals surface area contributed by atoms with Gasteiger partial charge in [-0.15, -0.1) is 0 Å². The summed E-state index contributed by atoms with van der Waals surface area (Å²) in [6, 6.07) is 5.06. The predicted octanol–water partition coefficient (Wildman–Crippen LogP) is -1.24. The number of phosphoric acid groups is 1. The van der Waals surface area contributed by atoms with Gasteiger partial charge in [0.15, 0.2) is 0 Å². The van der Waals surface area contributed by atoms with Crippen LogP contribution in [0, 0.1) is 26.4 Å². The molecule has 1 unspecified atom stereocenters. The first-order valence-electron chi connectivity index (χ1n) is 4.16. The van der Waals surface area contributed by atoms with Crippen molar-refractivity contribution in [2.24, 2.45) is 0 Å². The van der Waals surface area contributed by atoms with Gasteiger partial charge in [-0.1, -0.05) is 12.5 Å². The van der Waals surface area contributed by atoms with Crippen molar-refractivity contribution in [2.75, 3.05) is 0 Å². The Kier molecular flexibility index (Phi) is 6.17. The first-order valence-corrected chi connectivity index (χ1v) is 5.62. The van der Waals surface area contributed by atoms with Crippen molar-refractivity contribution in [3.05, 3.63) is 29.3 Å². The summed E-state index contributed by atoms with van der Waals surface area (Å²) < 4.78 is 19.7. The molecule has 4 nitrogen and oxygen atoms in total. The first kappa shape index (κ1) is 15.6. The molecule has 0 fully saturated rings. The molecular formula is C10H10NaO4P. The molecule has 0 aliphatic carbocycles. The second-order valence-corrected chi connectivity index (χ2v) is 4.33. The van der Waals surface area contributed by atoms with E-state index < -0.39 is 7.82 Å². The van der Waals surface area contributed by atoms with Gasteiger partial charge in [0.05, 0.1) is 0 Å². The number of hydrogen-bond acceptors (Lipinski definition) is 4. The third-order valence-electron chi connectivity index (χ3n) is 1.58. The quantitative estimate of drug-likeness (QED) is 0.381. The molecule has 0 spiro atoms. The molecule has 0 saturated heterocycles. The van der Waals surface area contributed by atoms with Crippen molar-refractivity contribution < 1.29 is 48.1 Å². The van der Waals surface area contributed by atoms with Gasteiger partial charge in [-0.05, 0) is 37.1 Å². The molecular weight excluding hydrogens is 238 g/mol. The van der Waals surface area contributed by atoms with Gasteiger partial charge < -0.3 is 13.9 Å². The van der Waals surface area contributed by atoms with Gasteiger partial charge in [0.2, 0.25) is 0 Å². The van der Waals surface area contributed by atoms with Crippen molar-refractivity contribution in [3.8, 4) is 18.3 Å². The average molecular weight is 248 g/mol. The van der Waals surface area contributed by atoms with Crippen LogP contribution >= 0.6 is 7.82 Å². The van der Waals surface area contributed by atoms with Gasteiger partial charge in [0, 0.05) is 0 Å². The summed E-state index contributed by atoms with van der Waals surface area (Å²) in [4.78, 5) is 11.1. The van der Waals surface area contributed by atoms with E-state index in [0.717, 1.165) is 11.1 Å². The van der Waals surface area contributed by atoms with Gasteiger partial charge in [0.25, 0.3) is 0 Å². The largest absolute Gasteiger partial charge is 1.00 e. The standard InChI is InChI=1S/C10H11O4P.Na/c1-4-13-15(11,12)14-10-6-8(2)5-9(3)7-10;/h1,5-7H,2-3H3,(H,11,12);/q;+1/p-1. The van der Waals surface area contributed by atoms with Crippen LogP contribution in [0.5, 0.6) is 5.75 Å². The fourth-order valence-corrected chi connectivity index (χ4v) is 1.73. The molecule has 0 bridgehead atoms. The molecule has 0 amide bonds. The van der Waals surface area contributed by atoms with E-state index in [9.17, 15) is 9.46 Å². The monoisotopic (exact) mass is 248 g/mol. The zero-order valence-electron chi connectivity index (χ0n) is 9.39. The topological polar surface area (TPSA) is 58.6 Å². The number of aryl methyl sites for hydroxylation is 2. The molecule has 0 heterocycles. The van der Waals surface area contributed by atoms with E-state index in [0.29, 0.717) is 0 Å². The summed E-state index contributed by atoms with van der Waals surface area (Å²) >= 11 is 0. The SMILES string of the molecule is C#COP(=O)([O-])Oc1cc(C)cc(C)c1.[Na+]. The van der Waals surface area contributed by atoms with Crippen molar-refractivity contribution in [3.63, 3.8) is 0 Å². The maximum atomic E-state index is 11.1. The number of phosphoric ester groups is 1. The fourth-order valence-electron chi connectivity index (χ4n) is 1.20. The summed E-state index contributed by atoms with van der Waals surface area (Å²) in [5, 5.41) is 0. The fraction of sp³-hybridized carbons (Fsp3) is 0.200. The summed E-state index contributed by atoms with van der Waals surface area (Å²) in [6.45, 7) is 3.66. The molecule has 16 heavy (non-hydrogen) atoms. The molecule has 80 valence electrons. The molecule has 1 atom stereocenters. The molecule has 1 aromatic carbocycles. The number of terminal acetylenes is 1. The molecule has 0 aliphatic heterocycles. The van der Waals surface area contributed by atoms with Gasteiger partial charge in [-0.2, -0.15) is 0 Å². The molecule has 0 N–H and O–H groups in total. The Morgan fingerprint density at radius 3 is 2.25 bits per heavy atom. The van der Waals surface area contributed by atoms with E-state index in [1.54, 1.807) is 18.2 Å². The van der Waals surface area contributed by atoms with Gasteiger partial charge >= 0.3 is 37.4 Å². The van der Waals surface area contributed by atoms with Crippen LogP contribution in [0.15, 0.2) is 18.2 Å². The third kappa shape index (κ3) is 5.07. The van der Waals surface area contributed by atoms with E-state index in [2.05, 4.69) is 9.05 Å². The molecule has 0 aliphatic rings. The second-order valence-electron chi connectivity index (χ2n) is 3.07. The van der Waals surface area contributed by atoms with Crippen molar-refractivity contribution >= 4 is 7.82 Å². The predicted molar refractivity (Wildman–Crippen MR) is 54.1 cm³/mol. The van der Waals surface area contributed by atoms with Crippen LogP contribution in [-0.2, 0) is 9.09 Å². The minimum atomic E-state index is -4.44. The summed E-state index contributed by atoms with van der Waals surface area (Å²) in [7, 11) is -4.44. The van der Waals surface area contributed by atoms with Gasteiger partial charge in [-0.25, -0.2) is 4.57 Å². The molecule has 0 radical (unpaired) electrons. The van der Waals surface area contributed by atoms with Crippen LogP contribution in [0.25, 0.3) is 0 Å². The minimum Gasteiger partial charge on any atom is -0.735 e. The van der Waals surface area contributed by atoms with Crippen molar-refractivity contribution in [2.45, 2.75) is 13.8 Å². The third-order valence-corrected chi connectivity index (χ3v) is 2.34. The van der Waals surface area contributed by atoms with Crippen LogP contribution in [0.4, 0.5) is 0 Å². The second kappa shape index (κ2) is 6.34. The van der Waals surface area contributed by atoms with E-state index in [-0.39, 0.29) is 35.3 Å². The Labute approximate surface area is 117 Å². The van der Waals surface area contributed by atoms with E-state index in [1.807, 2.05) is 19.9 Å². The number of benzene rings is 1. The van der Waals surface area contributed by atoms with Gasteiger partial charge in [0.1, 0.15) is 11.9 Å². The molecule has 1 aromatic rings. The Bertz CT molecular complexity index is 432. The van der Waals surface area contributed by atoms with Crippen LogP contribution < -0.4 is 39.0 Å². The van der Waals surface area contributed by atoms with E-state index in [1.165, 1.54) is 0 Å². The minimum absolute atomic E-state index is 0. The van der Waals surface area contributed by atoms with Gasteiger partial charge in [-0.3, -0.25) is 0 Å². The normalized spacial score (nSPS) is 12.9. The average Bonchev–Trinajstić information content (AvgIpc) is 1.99. The van der Waals surface area contributed by atoms with Crippen LogP contribution in [-0.4, -0.2) is 0 Å². The van der Waals surface area contributed by atoms with Crippen LogP contribution in [0.1, 0.15) is 11.1 Å². The number of rotatable bonds is 3. The smallest absolute Gasteiger partial charge is 0.735 e. The maximum Gasteiger partial charge on any atom is 1.00 e. The number of hydrogen-bond donors (Lipinski definition) is 0. The maximum absolute atomic E-state index is 11.1. The zero-order valence-corrected chi connectivity index (χ0v) is 12.3. The summed E-state index contributed by atoms with van der Waals surface area (Å²) in [5.74, 6) is 0.195. The first-order chi connectivity index (χ1) is 6.93. The Hall–Kier alpha value is -0.430. The van der Waals surface area contributed by atoms with E-state index in [4.69, 9.17) is 6.42 Å². The molecule has 0 aromatic heterocycles. The summed E-state index contributed by atoms with van der Waals surface area (Å²) in [5.41, 5.74) is 1.79.